The highest BCUT2D eigenvalue weighted by atomic mass is 16.5. The lowest BCUT2D eigenvalue weighted by Crippen LogP contribution is -2.26. The fourth-order valence-corrected chi connectivity index (χ4v) is 2.42. The molecule has 0 aliphatic carbocycles. The Labute approximate surface area is 137 Å². The zero-order valence-electron chi connectivity index (χ0n) is 14.0. The van der Waals surface area contributed by atoms with E-state index in [1.54, 1.807) is 14.2 Å². The van der Waals surface area contributed by atoms with E-state index in [2.05, 4.69) is 9.88 Å². The molecule has 0 amide bonds. The van der Waals surface area contributed by atoms with Crippen molar-refractivity contribution in [3.63, 3.8) is 0 Å². The Balaban J connectivity index is 2.16. The minimum absolute atomic E-state index is 0.0954. The lowest BCUT2D eigenvalue weighted by atomic mass is 10.1. The van der Waals surface area contributed by atoms with Crippen LogP contribution in [0, 0.1) is 6.92 Å². The van der Waals surface area contributed by atoms with Gasteiger partial charge in [0.1, 0.15) is 11.5 Å². The van der Waals surface area contributed by atoms with Crippen LogP contribution < -0.4 is 9.47 Å². The van der Waals surface area contributed by atoms with Crippen molar-refractivity contribution in [2.75, 3.05) is 27.4 Å². The van der Waals surface area contributed by atoms with Gasteiger partial charge in [-0.25, -0.2) is 0 Å². The molecule has 2 aromatic rings. The number of aliphatic hydroxyl groups excluding tert-OH is 1. The molecule has 1 N–H and O–H groups in total. The predicted octanol–water partition coefficient (Wildman–Crippen LogP) is 2.40. The standard InChI is InChI=1S/C18H24N2O3/c1-14-4-5-16(19-11-14)13-20(8-9-21)12-15-10-17(22-2)6-7-18(15)23-3/h4-7,10-11,21H,8-9,12-13H2,1-3H3. The highest BCUT2D eigenvalue weighted by Crippen LogP contribution is 2.25. The molecular weight excluding hydrogens is 292 g/mol. The molecule has 0 bridgehead atoms. The lowest BCUT2D eigenvalue weighted by Gasteiger charge is -2.22. The third-order valence-electron chi connectivity index (χ3n) is 3.66. The lowest BCUT2D eigenvalue weighted by molar-refractivity contribution is 0.181. The molecule has 0 unspecified atom stereocenters. The molecule has 0 saturated heterocycles. The third kappa shape index (κ3) is 4.94. The number of hydrogen-bond acceptors (Lipinski definition) is 5. The van der Waals surface area contributed by atoms with Gasteiger partial charge in [0.25, 0.3) is 0 Å². The van der Waals surface area contributed by atoms with Gasteiger partial charge in [-0.15, -0.1) is 0 Å². The van der Waals surface area contributed by atoms with Crippen LogP contribution in [0.3, 0.4) is 0 Å². The second-order valence-electron chi connectivity index (χ2n) is 5.44. The van der Waals surface area contributed by atoms with E-state index in [1.807, 2.05) is 43.5 Å². The number of hydrogen-bond donors (Lipinski definition) is 1. The fourth-order valence-electron chi connectivity index (χ4n) is 2.42. The Bertz CT molecular complexity index is 614. The number of ether oxygens (including phenoxy) is 2. The van der Waals surface area contributed by atoms with Crippen LogP contribution in [0.4, 0.5) is 0 Å². The van der Waals surface area contributed by atoms with Crippen molar-refractivity contribution in [2.45, 2.75) is 20.0 Å². The summed E-state index contributed by atoms with van der Waals surface area (Å²) < 4.78 is 10.7. The van der Waals surface area contributed by atoms with Gasteiger partial charge >= 0.3 is 0 Å². The average molecular weight is 316 g/mol. The van der Waals surface area contributed by atoms with Gasteiger partial charge < -0.3 is 14.6 Å². The van der Waals surface area contributed by atoms with Gasteiger partial charge in [0.2, 0.25) is 0 Å². The largest absolute Gasteiger partial charge is 0.497 e. The number of aryl methyl sites for hydroxylation is 1. The summed E-state index contributed by atoms with van der Waals surface area (Å²) in [5, 5.41) is 9.35. The Kier molecular flexibility index (Phi) is 6.38. The molecule has 5 nitrogen and oxygen atoms in total. The highest BCUT2D eigenvalue weighted by Gasteiger charge is 2.12. The Morgan fingerprint density at radius 1 is 1.09 bits per heavy atom. The third-order valence-corrected chi connectivity index (χ3v) is 3.66. The van der Waals surface area contributed by atoms with Crippen LogP contribution in [0.15, 0.2) is 36.5 Å². The number of nitrogens with zero attached hydrogens (tertiary/aromatic N) is 2. The smallest absolute Gasteiger partial charge is 0.123 e. The topological polar surface area (TPSA) is 54.8 Å². The number of aliphatic hydroxyl groups is 1. The van der Waals surface area contributed by atoms with E-state index >= 15 is 0 Å². The van der Waals surface area contributed by atoms with Crippen LogP contribution in [0.25, 0.3) is 0 Å². The quantitative estimate of drug-likeness (QED) is 0.810. The summed E-state index contributed by atoms with van der Waals surface area (Å²) in [4.78, 5) is 6.57. The van der Waals surface area contributed by atoms with Crippen molar-refractivity contribution in [2.24, 2.45) is 0 Å². The molecule has 0 aliphatic heterocycles. The molecule has 0 atom stereocenters. The van der Waals surface area contributed by atoms with E-state index < -0.39 is 0 Å². The van der Waals surface area contributed by atoms with Crippen LogP contribution in [-0.4, -0.2) is 42.4 Å². The van der Waals surface area contributed by atoms with E-state index in [9.17, 15) is 5.11 Å². The molecule has 0 aliphatic rings. The second kappa shape index (κ2) is 8.50. The molecule has 124 valence electrons. The monoisotopic (exact) mass is 316 g/mol. The second-order valence-corrected chi connectivity index (χ2v) is 5.44. The normalized spacial score (nSPS) is 10.8. The SMILES string of the molecule is COc1ccc(OC)c(CN(CCO)Cc2ccc(C)cn2)c1. The van der Waals surface area contributed by atoms with Crippen molar-refractivity contribution in [3.05, 3.63) is 53.3 Å². The van der Waals surface area contributed by atoms with Gasteiger partial charge in [-0.2, -0.15) is 0 Å². The molecule has 23 heavy (non-hydrogen) atoms. The number of pyridine rings is 1. The molecule has 0 radical (unpaired) electrons. The zero-order valence-corrected chi connectivity index (χ0v) is 14.0. The fraction of sp³-hybridized carbons (Fsp3) is 0.389. The van der Waals surface area contributed by atoms with Crippen LogP contribution in [0.1, 0.15) is 16.8 Å². The van der Waals surface area contributed by atoms with Crippen molar-refractivity contribution < 1.29 is 14.6 Å². The molecule has 1 aromatic heterocycles. The molecule has 1 heterocycles. The van der Waals surface area contributed by atoms with E-state index in [1.165, 1.54) is 0 Å². The first-order chi connectivity index (χ1) is 11.2. The van der Waals surface area contributed by atoms with Crippen molar-refractivity contribution >= 4 is 0 Å². The first kappa shape index (κ1) is 17.2. The Morgan fingerprint density at radius 2 is 1.91 bits per heavy atom. The summed E-state index contributed by atoms with van der Waals surface area (Å²) >= 11 is 0. The Morgan fingerprint density at radius 3 is 2.52 bits per heavy atom. The summed E-state index contributed by atoms with van der Waals surface area (Å²) in [6, 6.07) is 9.80. The van der Waals surface area contributed by atoms with E-state index in [0.29, 0.717) is 19.6 Å². The van der Waals surface area contributed by atoms with Gasteiger partial charge in [-0.3, -0.25) is 9.88 Å². The maximum absolute atomic E-state index is 9.35. The predicted molar refractivity (Wildman–Crippen MR) is 89.7 cm³/mol. The van der Waals surface area contributed by atoms with Gasteiger partial charge in [0, 0.05) is 31.4 Å². The molecule has 5 heteroatoms. The van der Waals surface area contributed by atoms with Crippen molar-refractivity contribution in [1.29, 1.82) is 0 Å². The summed E-state index contributed by atoms with van der Waals surface area (Å²) in [5.41, 5.74) is 3.13. The van der Waals surface area contributed by atoms with Crippen LogP contribution in [0.5, 0.6) is 11.5 Å². The summed E-state index contributed by atoms with van der Waals surface area (Å²) in [6.45, 7) is 4.00. The average Bonchev–Trinajstić information content (AvgIpc) is 2.57. The highest BCUT2D eigenvalue weighted by molar-refractivity contribution is 5.40. The zero-order chi connectivity index (χ0) is 16.7. The molecule has 2 rings (SSSR count). The number of benzene rings is 1. The molecule has 0 saturated carbocycles. The number of methoxy groups -OCH3 is 2. The van der Waals surface area contributed by atoms with E-state index in [0.717, 1.165) is 28.3 Å². The minimum Gasteiger partial charge on any atom is -0.497 e. The van der Waals surface area contributed by atoms with Gasteiger partial charge in [0.15, 0.2) is 0 Å². The minimum atomic E-state index is 0.0954. The maximum Gasteiger partial charge on any atom is 0.123 e. The summed E-state index contributed by atoms with van der Waals surface area (Å²) in [7, 11) is 3.30. The van der Waals surface area contributed by atoms with Crippen LogP contribution in [0.2, 0.25) is 0 Å². The Hall–Kier alpha value is -2.11. The number of aromatic nitrogens is 1. The van der Waals surface area contributed by atoms with E-state index in [-0.39, 0.29) is 6.61 Å². The van der Waals surface area contributed by atoms with Crippen molar-refractivity contribution in [3.8, 4) is 11.5 Å². The molecule has 0 fully saturated rings. The van der Waals surface area contributed by atoms with Gasteiger partial charge in [-0.1, -0.05) is 6.07 Å². The first-order valence-corrected chi connectivity index (χ1v) is 7.62. The van der Waals surface area contributed by atoms with Gasteiger partial charge in [0.05, 0.1) is 26.5 Å². The number of rotatable bonds is 8. The maximum atomic E-state index is 9.35. The van der Waals surface area contributed by atoms with Crippen LogP contribution in [-0.2, 0) is 13.1 Å². The van der Waals surface area contributed by atoms with Crippen molar-refractivity contribution in [1.82, 2.24) is 9.88 Å². The summed E-state index contributed by atoms with van der Waals surface area (Å²) in [6.07, 6.45) is 1.86. The van der Waals surface area contributed by atoms with Gasteiger partial charge in [-0.05, 0) is 36.8 Å². The molecule has 1 aromatic carbocycles. The first-order valence-electron chi connectivity index (χ1n) is 7.62. The van der Waals surface area contributed by atoms with Crippen LogP contribution >= 0.6 is 0 Å². The summed E-state index contributed by atoms with van der Waals surface area (Å²) in [5.74, 6) is 1.60. The molecule has 0 spiro atoms. The van der Waals surface area contributed by atoms with E-state index in [4.69, 9.17) is 9.47 Å². The molecular formula is C18H24N2O3.